The highest BCUT2D eigenvalue weighted by Gasteiger charge is 2.31. The second kappa shape index (κ2) is 8.61. The summed E-state index contributed by atoms with van der Waals surface area (Å²) < 4.78 is 46.3. The lowest BCUT2D eigenvalue weighted by Gasteiger charge is -2.33. The molecule has 0 saturated carbocycles. The molecule has 1 aliphatic rings. The summed E-state index contributed by atoms with van der Waals surface area (Å²) in [5, 5.41) is 13.6. The summed E-state index contributed by atoms with van der Waals surface area (Å²) in [6, 6.07) is 5.02. The van der Waals surface area contributed by atoms with Crippen molar-refractivity contribution in [3.05, 3.63) is 41.7 Å². The second-order valence-corrected chi connectivity index (χ2v) is 8.73. The van der Waals surface area contributed by atoms with E-state index in [2.05, 4.69) is 5.10 Å². The van der Waals surface area contributed by atoms with Crippen LogP contribution in [-0.4, -0.2) is 39.5 Å². The molecule has 0 unspecified atom stereocenters. The zero-order valence-corrected chi connectivity index (χ0v) is 17.7. The molecule has 0 bridgehead atoms. The van der Waals surface area contributed by atoms with Crippen molar-refractivity contribution < 1.29 is 22.7 Å². The van der Waals surface area contributed by atoms with E-state index in [1.807, 2.05) is 26.8 Å². The molecule has 1 aromatic heterocycles. The van der Waals surface area contributed by atoms with E-state index in [1.54, 1.807) is 15.8 Å². The molecule has 0 aliphatic carbocycles. The second-order valence-electron chi connectivity index (χ2n) is 8.73. The predicted octanol–water partition coefficient (Wildman–Crippen LogP) is 5.09. The van der Waals surface area contributed by atoms with Gasteiger partial charge in [0.1, 0.15) is 5.60 Å². The van der Waals surface area contributed by atoms with Gasteiger partial charge in [-0.1, -0.05) is 0 Å². The first-order chi connectivity index (χ1) is 14.5. The first kappa shape index (κ1) is 22.7. The Morgan fingerprint density at radius 1 is 1.26 bits per heavy atom. The highest BCUT2D eigenvalue weighted by molar-refractivity contribution is 5.70. The Bertz CT molecular complexity index is 978. The number of amides is 1. The third-order valence-corrected chi connectivity index (χ3v) is 5.12. The van der Waals surface area contributed by atoms with Crippen LogP contribution in [0.15, 0.2) is 30.6 Å². The minimum atomic E-state index is -4.49. The molecular weight excluding hydrogens is 409 g/mol. The van der Waals surface area contributed by atoms with Crippen LogP contribution in [0.2, 0.25) is 0 Å². The van der Waals surface area contributed by atoms with Gasteiger partial charge in [-0.15, -0.1) is 0 Å². The number of carbonyl (C=O) groups excluding carboxylic acids is 1. The molecule has 1 fully saturated rings. The van der Waals surface area contributed by atoms with Gasteiger partial charge in [-0.25, -0.2) is 4.79 Å². The number of rotatable bonds is 3. The number of alkyl halides is 3. The summed E-state index contributed by atoms with van der Waals surface area (Å²) in [4.78, 5) is 13.9. The average Bonchev–Trinajstić information content (AvgIpc) is 3.14. The van der Waals surface area contributed by atoms with Gasteiger partial charge in [0.2, 0.25) is 0 Å². The van der Waals surface area contributed by atoms with Crippen LogP contribution >= 0.6 is 0 Å². The van der Waals surface area contributed by atoms with E-state index in [0.29, 0.717) is 25.2 Å². The summed E-state index contributed by atoms with van der Waals surface area (Å²) >= 11 is 0. The molecule has 2 aromatic rings. The van der Waals surface area contributed by atoms with Gasteiger partial charge in [-0.05, 0) is 57.7 Å². The van der Waals surface area contributed by atoms with Crippen LogP contribution in [0.25, 0.3) is 11.1 Å². The zero-order valence-electron chi connectivity index (χ0n) is 17.7. The van der Waals surface area contributed by atoms with E-state index in [0.717, 1.165) is 25.0 Å². The number of halogens is 3. The van der Waals surface area contributed by atoms with Crippen molar-refractivity contribution in [2.45, 2.75) is 51.9 Å². The number of hydrogen-bond acceptors (Lipinski definition) is 4. The Kier molecular flexibility index (Phi) is 6.30. The van der Waals surface area contributed by atoms with Gasteiger partial charge in [0.15, 0.2) is 0 Å². The van der Waals surface area contributed by atoms with Crippen molar-refractivity contribution in [2.75, 3.05) is 13.1 Å². The molecule has 1 aromatic carbocycles. The third kappa shape index (κ3) is 5.78. The lowest BCUT2D eigenvalue weighted by molar-refractivity contribution is -0.137. The monoisotopic (exact) mass is 434 g/mol. The number of benzene rings is 1. The Morgan fingerprint density at radius 3 is 2.52 bits per heavy atom. The largest absolute Gasteiger partial charge is 0.444 e. The highest BCUT2D eigenvalue weighted by Crippen LogP contribution is 2.34. The maximum atomic E-state index is 13.1. The maximum absolute atomic E-state index is 13.1. The Balaban J connectivity index is 1.66. The van der Waals surface area contributed by atoms with Crippen LogP contribution in [0.3, 0.4) is 0 Å². The van der Waals surface area contributed by atoms with Crippen LogP contribution in [0.1, 0.15) is 44.7 Å². The zero-order chi connectivity index (χ0) is 22.8. The van der Waals surface area contributed by atoms with Crippen molar-refractivity contribution >= 4 is 6.09 Å². The van der Waals surface area contributed by atoms with E-state index in [1.165, 1.54) is 12.3 Å². The normalized spacial score (nSPS) is 15.6. The summed E-state index contributed by atoms with van der Waals surface area (Å²) in [5.74, 6) is 0.281. The van der Waals surface area contributed by atoms with Gasteiger partial charge < -0.3 is 9.64 Å². The smallest absolute Gasteiger partial charge is 0.416 e. The summed E-state index contributed by atoms with van der Waals surface area (Å²) in [7, 11) is 0. The lowest BCUT2D eigenvalue weighted by Crippen LogP contribution is -2.42. The van der Waals surface area contributed by atoms with E-state index in [-0.39, 0.29) is 23.1 Å². The Morgan fingerprint density at radius 2 is 1.94 bits per heavy atom. The molecule has 0 atom stereocenters. The topological polar surface area (TPSA) is 71.2 Å². The van der Waals surface area contributed by atoms with E-state index < -0.39 is 17.3 Å². The van der Waals surface area contributed by atoms with E-state index in [9.17, 15) is 23.2 Å². The number of carbonyl (C=O) groups is 1. The first-order valence-electron chi connectivity index (χ1n) is 10.1. The van der Waals surface area contributed by atoms with Crippen LogP contribution in [-0.2, 0) is 17.5 Å². The van der Waals surface area contributed by atoms with Gasteiger partial charge in [0.25, 0.3) is 0 Å². The maximum Gasteiger partial charge on any atom is 0.416 e. The van der Waals surface area contributed by atoms with Gasteiger partial charge in [0, 0.05) is 37.0 Å². The highest BCUT2D eigenvalue weighted by atomic mass is 19.4. The molecule has 1 aliphatic heterocycles. The predicted molar refractivity (Wildman–Crippen MR) is 108 cm³/mol. The van der Waals surface area contributed by atoms with Crippen molar-refractivity contribution in [1.29, 1.82) is 5.26 Å². The molecular formula is C22H25F3N4O2. The van der Waals surface area contributed by atoms with E-state index in [4.69, 9.17) is 4.74 Å². The van der Waals surface area contributed by atoms with Crippen LogP contribution in [0, 0.1) is 17.2 Å². The Labute approximate surface area is 179 Å². The molecule has 0 N–H and O–H groups in total. The van der Waals surface area contributed by atoms with Crippen molar-refractivity contribution in [2.24, 2.45) is 5.92 Å². The number of hydrogen-bond donors (Lipinski definition) is 0. The quantitative estimate of drug-likeness (QED) is 0.675. The van der Waals surface area contributed by atoms with Gasteiger partial charge in [-0.3, -0.25) is 4.68 Å². The molecule has 1 saturated heterocycles. The standard InChI is InChI=1S/C22H25F3N4O2/c1-21(2,3)31-20(30)28-8-6-15(7-9-28)13-29-14-17(12-27-29)19-10-18(22(23,24)25)5-4-16(19)11-26/h4-5,10,12,14-15H,6-9,13H2,1-3H3. The molecule has 0 radical (unpaired) electrons. The summed E-state index contributed by atoms with van der Waals surface area (Å²) in [6.07, 6.45) is -0.104. The van der Waals surface area contributed by atoms with Crippen molar-refractivity contribution in [3.8, 4) is 17.2 Å². The third-order valence-electron chi connectivity index (χ3n) is 5.12. The number of aromatic nitrogens is 2. The summed E-state index contributed by atoms with van der Waals surface area (Å²) in [6.45, 7) is 7.24. The fourth-order valence-electron chi connectivity index (χ4n) is 3.55. The average molecular weight is 434 g/mol. The van der Waals surface area contributed by atoms with Crippen molar-refractivity contribution in [3.63, 3.8) is 0 Å². The molecule has 1 amide bonds. The molecule has 0 spiro atoms. The fraction of sp³-hybridized carbons (Fsp3) is 0.500. The number of piperidine rings is 1. The molecule has 9 heteroatoms. The van der Waals surface area contributed by atoms with Crippen LogP contribution < -0.4 is 0 Å². The van der Waals surface area contributed by atoms with Gasteiger partial charge in [-0.2, -0.15) is 23.5 Å². The Hall–Kier alpha value is -3.02. The lowest BCUT2D eigenvalue weighted by atomic mass is 9.97. The number of ether oxygens (including phenoxy) is 1. The fourth-order valence-corrected chi connectivity index (χ4v) is 3.55. The number of nitrogens with zero attached hydrogens (tertiary/aromatic N) is 4. The summed E-state index contributed by atoms with van der Waals surface area (Å²) in [5.41, 5.74) is -0.496. The molecule has 166 valence electrons. The molecule has 3 rings (SSSR count). The van der Waals surface area contributed by atoms with Crippen molar-refractivity contribution in [1.82, 2.24) is 14.7 Å². The molecule has 31 heavy (non-hydrogen) atoms. The number of likely N-dealkylation sites (tertiary alicyclic amines) is 1. The van der Waals surface area contributed by atoms with Gasteiger partial charge >= 0.3 is 12.3 Å². The van der Waals surface area contributed by atoms with Crippen LogP contribution in [0.5, 0.6) is 0 Å². The van der Waals surface area contributed by atoms with Crippen LogP contribution in [0.4, 0.5) is 18.0 Å². The molecule has 2 heterocycles. The number of nitriles is 1. The minimum absolute atomic E-state index is 0.165. The minimum Gasteiger partial charge on any atom is -0.444 e. The molecule has 6 nitrogen and oxygen atoms in total. The van der Waals surface area contributed by atoms with E-state index >= 15 is 0 Å². The first-order valence-corrected chi connectivity index (χ1v) is 10.1. The van der Waals surface area contributed by atoms with Gasteiger partial charge in [0.05, 0.1) is 23.4 Å². The SMILES string of the molecule is CC(C)(C)OC(=O)N1CCC(Cn2cc(-c3cc(C(F)(F)F)ccc3C#N)cn2)CC1.